The van der Waals surface area contributed by atoms with Crippen LogP contribution in [-0.2, 0) is 22.6 Å². The van der Waals surface area contributed by atoms with Crippen molar-refractivity contribution in [1.29, 1.82) is 37.9 Å². The number of amides is 2. The van der Waals surface area contributed by atoms with E-state index in [1.165, 1.54) is 91.9 Å². The lowest BCUT2D eigenvalue weighted by Crippen LogP contribution is -2.14. The number of rotatable bonds is 18. The largest absolute Gasteiger partial charge is 0.507 e. The summed E-state index contributed by atoms with van der Waals surface area (Å²) in [5.74, 6) is 0.403. The highest BCUT2D eigenvalue weighted by Crippen LogP contribution is 2.37. The van der Waals surface area contributed by atoms with Crippen LogP contribution in [-0.4, -0.2) is 75.5 Å². The zero-order valence-corrected chi connectivity index (χ0v) is 77.8. The van der Waals surface area contributed by atoms with Gasteiger partial charge in [0.05, 0.1) is 41.2 Å². The lowest BCUT2D eigenvalue weighted by molar-refractivity contribution is -0.139. The Labute approximate surface area is 790 Å². The summed E-state index contributed by atoms with van der Waals surface area (Å²) in [6.45, 7) is 0.164. The van der Waals surface area contributed by atoms with Crippen LogP contribution < -0.4 is 60.2 Å². The fourth-order valence-corrected chi connectivity index (χ4v) is 20.1. The van der Waals surface area contributed by atoms with Crippen molar-refractivity contribution < 1.29 is 34.1 Å². The first-order valence-corrected chi connectivity index (χ1v) is 44.5. The first kappa shape index (κ1) is 97.4. The van der Waals surface area contributed by atoms with E-state index in [4.69, 9.17) is 92.6 Å². The number of carbonyl (C=O) groups excluding carboxylic acids is 2. The summed E-state index contributed by atoms with van der Waals surface area (Å²) < 4.78 is 20.7. The second-order valence-corrected chi connectivity index (χ2v) is 36.2. The third-order valence-electron chi connectivity index (χ3n) is 17.9. The predicted octanol–water partition coefficient (Wildman–Crippen LogP) is 22.3. The smallest absolute Gasteiger partial charge is 0.341 e. The molecule has 0 fully saturated rings. The molecule has 18 aromatic rings. The topological polar surface area (TPSA) is 483 Å². The number of nitrogens with one attached hydrogen (secondary N) is 9. The first-order valence-electron chi connectivity index (χ1n) is 36.8. The highest BCUT2D eigenvalue weighted by Gasteiger charge is 2.17. The summed E-state index contributed by atoms with van der Waals surface area (Å²) in [4.78, 5) is 39.4. The third kappa shape index (κ3) is 25.9. The van der Waals surface area contributed by atoms with Crippen molar-refractivity contribution in [3.8, 4) is 17.2 Å². The van der Waals surface area contributed by atoms with Crippen LogP contribution in [0.3, 0.4) is 0 Å². The Hall–Kier alpha value is -12.4. The van der Waals surface area contributed by atoms with Gasteiger partial charge in [-0.05, 0) is 206 Å². The van der Waals surface area contributed by atoms with Crippen LogP contribution in [0, 0.1) is 41.4 Å². The van der Waals surface area contributed by atoms with E-state index in [0.29, 0.717) is 39.1 Å². The Morgan fingerprint density at radius 1 is 0.373 bits per heavy atom. The fraction of sp³-hybridized carbons (Fsp3) is 0.0330. The normalized spacial score (nSPS) is 10.3. The molecule has 18 rings (SSSR count). The molecule has 0 aliphatic heterocycles. The molecule has 0 radical (unpaired) electrons. The average Bonchev–Trinajstić information content (AvgIpc) is 1.72. The third-order valence-corrected chi connectivity index (χ3v) is 27.1. The molecule has 7 aromatic heterocycles. The molecular weight excluding hydrogens is 1970 g/mol. The number of nitrogen functional groups attached to an aromatic ring is 7. The number of aliphatic carboxylic acids is 1. The Bertz CT molecular complexity index is 7080. The first-order chi connectivity index (χ1) is 59.1. The molecule has 0 saturated carbocycles. The quantitative estimate of drug-likeness (QED) is 0.0216. The maximum atomic E-state index is 12.3. The molecule has 0 atom stereocenters. The summed E-state index contributed by atoms with van der Waals surface area (Å²) >= 11 is 16.2. The zero-order chi connectivity index (χ0) is 87.5. The summed E-state index contributed by atoms with van der Waals surface area (Å²) in [6.07, 6.45) is 0.334. The van der Waals surface area contributed by atoms with Crippen LogP contribution in [0.25, 0.3) is 81.4 Å². The number of thiophene rings is 7. The Morgan fingerprint density at radius 2 is 0.802 bits per heavy atom. The van der Waals surface area contributed by atoms with Crippen LogP contribution >= 0.6 is 155 Å². The number of anilines is 2. The zero-order valence-electron chi connectivity index (χ0n) is 65.9. The minimum atomic E-state index is -1.01. The minimum Gasteiger partial charge on any atom is -0.507 e. The van der Waals surface area contributed by atoms with E-state index in [-0.39, 0.29) is 108 Å². The maximum absolute atomic E-state index is 12.3. The van der Waals surface area contributed by atoms with Crippen molar-refractivity contribution in [2.45, 2.75) is 13.0 Å². The van der Waals surface area contributed by atoms with E-state index in [0.717, 1.165) is 103 Å². The number of hydrogen-bond donors (Lipinski definition) is 18. The SMILES string of the molecule is Cl.Cl.Cl.N=C(N)c1cc2c(I)cccc2s1.N=C(N)c1cc2c(NC(=O)Cc3ccccc3)cccc2s1.N=C(N)c1cc2c(NC(=O)c3ccccc3O)cccc2s1.N=C(N)c1cc2ccc(Br)cc2s1.N=C(N)c1cc2ccc(OCC(=O)O)cc2s1.N=C(N)c1cc2ccc(OCc3ccc4ccccc4c3)cc2s1.N=C(N)c1csc2ccccc12. The standard InChI is InChI=1S/C20H16N2OS.C17H15N3OS.C16H13N3O2S.C11H10N2O3S.C9H7BrN2S.C9H7IN2S.C9H8N2S.3ClH/c21-20(22)19-10-16-7-8-17(11-18(16)24-19)23-12-13-5-6-14-3-1-2-4-15(14)9-13;18-17(19)15-10-12-13(7-4-8-14(12)22-15)20-16(21)9-11-5-2-1-3-6-11;17-15(18)14-8-10-11(5-3-7-13(10)22-14)19-16(21)9-4-1-2-6-12(9)20;12-11(13)9-3-6-1-2-7(4-8(6)17-9)16-5-10(14)15;10-6-2-1-5-3-8(9(11)12)13-7(5)4-6;10-6-2-1-3-7-5(6)4-8(13-7)9(11)12;10-9(11)7-5-12-8-4-2-1-3-6(7)8;;;/h1-11H,12H2,(H3,21,22);1-8,10H,9H2,(H3,18,19)(H,20,21);1-8,20H,(H3,17,18)(H,19,21);1-4H,5H2,(H3,12,13)(H,14,15);2*1-4H,(H3,11,12);1-5H,(H3,10,11);3*1H. The lowest BCUT2D eigenvalue weighted by Gasteiger charge is -2.07. The monoisotopic (exact) mass is 2040 g/mol. The van der Waals surface area contributed by atoms with Gasteiger partial charge in [0.25, 0.3) is 5.91 Å². The van der Waals surface area contributed by atoms with Crippen LogP contribution in [0.15, 0.2) is 277 Å². The van der Waals surface area contributed by atoms with Crippen molar-refractivity contribution in [3.63, 3.8) is 0 Å². The van der Waals surface area contributed by atoms with Crippen molar-refractivity contribution in [2.24, 2.45) is 40.1 Å². The molecule has 23 nitrogen and oxygen atoms in total. The number of halogens is 5. The molecule has 0 saturated heterocycles. The number of carboxylic acids is 1. The Morgan fingerprint density at radius 3 is 1.33 bits per heavy atom. The van der Waals surface area contributed by atoms with Gasteiger partial charge in [0.1, 0.15) is 64.7 Å². The summed E-state index contributed by atoms with van der Waals surface area (Å²) in [6, 6.07) is 84.6. The van der Waals surface area contributed by atoms with Crippen molar-refractivity contribution in [3.05, 3.63) is 332 Å². The number of carboxylic acid groups (broad SMARTS) is 1. The van der Waals surface area contributed by atoms with Gasteiger partial charge in [-0.2, -0.15) is 0 Å². The minimum absolute atomic E-state index is 0. The van der Waals surface area contributed by atoms with Crippen molar-refractivity contribution >= 4 is 306 Å². The molecule has 11 aromatic carbocycles. The molecule has 0 bridgehead atoms. The number of phenols is 1. The number of ether oxygens (including phenoxy) is 2. The molecule has 2 amide bonds. The van der Waals surface area contributed by atoms with E-state index in [9.17, 15) is 19.5 Å². The molecular formula is C91H79BrCl3IN16O7S7. The lowest BCUT2D eigenvalue weighted by atomic mass is 10.1. The molecule has 126 heavy (non-hydrogen) atoms. The number of fused-ring (bicyclic) bond motifs is 8. The number of para-hydroxylation sites is 1. The molecule has 0 aliphatic rings. The van der Waals surface area contributed by atoms with Gasteiger partial charge in [0.15, 0.2) is 6.61 Å². The molecule has 25 N–H and O–H groups in total. The number of aromatic hydroxyl groups is 1. The summed E-state index contributed by atoms with van der Waals surface area (Å²) in [5.41, 5.74) is 42.8. The summed E-state index contributed by atoms with van der Waals surface area (Å²) in [7, 11) is 0. The van der Waals surface area contributed by atoms with E-state index in [2.05, 4.69) is 91.6 Å². The van der Waals surface area contributed by atoms with E-state index in [1.807, 2.05) is 181 Å². The van der Waals surface area contributed by atoms with Gasteiger partial charge in [-0.25, -0.2) is 4.79 Å². The second-order valence-electron chi connectivity index (χ2n) is 26.7. The maximum Gasteiger partial charge on any atom is 0.341 e. The Kier molecular flexibility index (Phi) is 35.1. The number of carbonyl (C=O) groups is 3. The molecule has 0 spiro atoms. The molecule has 35 heteroatoms. The van der Waals surface area contributed by atoms with Gasteiger partial charge in [0.2, 0.25) is 5.91 Å². The van der Waals surface area contributed by atoms with Gasteiger partial charge >= 0.3 is 5.97 Å². The number of benzene rings is 11. The number of phenolic OH excluding ortho intramolecular Hbond substituents is 1. The van der Waals surface area contributed by atoms with E-state index in [1.54, 1.807) is 65.1 Å². The predicted molar refractivity (Wildman–Crippen MR) is 548 cm³/mol. The van der Waals surface area contributed by atoms with Gasteiger partial charge < -0.3 is 70.5 Å². The van der Waals surface area contributed by atoms with Gasteiger partial charge in [-0.1, -0.05) is 137 Å². The molecule has 0 unspecified atom stereocenters. The van der Waals surface area contributed by atoms with Gasteiger partial charge in [0, 0.05) is 84.8 Å². The second kappa shape index (κ2) is 45.5. The van der Waals surface area contributed by atoms with Crippen LogP contribution in [0.1, 0.15) is 56.3 Å². The van der Waals surface area contributed by atoms with E-state index < -0.39 is 5.97 Å². The Balaban J connectivity index is 0.000000168. The van der Waals surface area contributed by atoms with Gasteiger partial charge in [-0.3, -0.25) is 47.5 Å². The average molecular weight is 2050 g/mol. The molecule has 7 heterocycles. The number of hydrogen-bond acceptors (Lipinski definition) is 20. The van der Waals surface area contributed by atoms with Crippen molar-refractivity contribution in [1.82, 2.24) is 0 Å². The van der Waals surface area contributed by atoms with E-state index >= 15 is 0 Å². The van der Waals surface area contributed by atoms with Crippen molar-refractivity contribution in [2.75, 3.05) is 17.2 Å². The van der Waals surface area contributed by atoms with Crippen LogP contribution in [0.4, 0.5) is 11.4 Å². The number of nitrogens with two attached hydrogens (primary N) is 7. The fourth-order valence-electron chi connectivity index (χ4n) is 12.0. The molecule has 642 valence electrons. The highest BCUT2D eigenvalue weighted by molar-refractivity contribution is 14.1. The molecule has 0 aliphatic carbocycles. The van der Waals surface area contributed by atoms with Crippen LogP contribution in [0.5, 0.6) is 17.2 Å². The summed E-state index contributed by atoms with van der Waals surface area (Å²) in [5, 5.41) is 87.4. The highest BCUT2D eigenvalue weighted by atomic mass is 127. The van der Waals surface area contributed by atoms with Crippen LogP contribution in [0.2, 0.25) is 0 Å². The number of amidine groups is 7. The van der Waals surface area contributed by atoms with Gasteiger partial charge in [-0.15, -0.1) is 117 Å².